The zero-order chi connectivity index (χ0) is 47.1. The highest BCUT2D eigenvalue weighted by Crippen LogP contribution is 2.23. The Morgan fingerprint density at radius 3 is 1.34 bits per heavy atom. The van der Waals surface area contributed by atoms with Gasteiger partial charge in [0.2, 0.25) is 11.8 Å². The number of carbonyl (C=O) groups is 2. The van der Waals surface area contributed by atoms with Crippen molar-refractivity contribution in [3.63, 3.8) is 0 Å². The van der Waals surface area contributed by atoms with Crippen LogP contribution in [0.1, 0.15) is 88.0 Å². The molecular formula is C53H74F2N4O6. The SMILES string of the molecule is CC(CO)COc1ccc(CCC(=O)N(Cc2ccc(F)cc2)C2CCN(C)CC2)cc1.CCC(C)CO.CN1CCC(N(Cc2ccc(F)cc2)C(=O)CCc2ccc(O)cc2)CC1. The van der Waals surface area contributed by atoms with Crippen LogP contribution in [0.4, 0.5) is 8.78 Å². The third kappa shape index (κ3) is 19.2. The molecule has 2 fully saturated rings. The summed E-state index contributed by atoms with van der Waals surface area (Å²) in [7, 11) is 4.22. The third-order valence-electron chi connectivity index (χ3n) is 12.4. The van der Waals surface area contributed by atoms with E-state index < -0.39 is 0 Å². The minimum absolute atomic E-state index is 0.0963. The second kappa shape index (κ2) is 28.2. The number of nitrogens with zero attached hydrogens (tertiary/aromatic N) is 4. The average molecular weight is 901 g/mol. The number of aromatic hydroxyl groups is 1. The molecule has 2 heterocycles. The zero-order valence-corrected chi connectivity index (χ0v) is 39.4. The van der Waals surface area contributed by atoms with Gasteiger partial charge in [-0.3, -0.25) is 9.59 Å². The number of carbonyl (C=O) groups excluding carboxylic acids is 2. The van der Waals surface area contributed by atoms with Gasteiger partial charge in [0.1, 0.15) is 23.1 Å². The fraction of sp³-hybridized carbons (Fsp3) is 0.509. The minimum atomic E-state index is -0.261. The van der Waals surface area contributed by atoms with Crippen LogP contribution in [0.5, 0.6) is 11.5 Å². The Kier molecular flexibility index (Phi) is 22.9. The zero-order valence-electron chi connectivity index (χ0n) is 39.4. The molecule has 10 nitrogen and oxygen atoms in total. The highest BCUT2D eigenvalue weighted by molar-refractivity contribution is 5.77. The molecule has 2 amide bonds. The highest BCUT2D eigenvalue weighted by Gasteiger charge is 2.28. The molecule has 4 aromatic rings. The first kappa shape index (κ1) is 52.7. The van der Waals surface area contributed by atoms with Crippen molar-refractivity contribution < 1.29 is 38.4 Å². The van der Waals surface area contributed by atoms with Gasteiger partial charge in [-0.15, -0.1) is 0 Å². The Morgan fingerprint density at radius 1 is 0.615 bits per heavy atom. The Bertz CT molecular complexity index is 1930. The molecule has 65 heavy (non-hydrogen) atoms. The normalized spacial score (nSPS) is 15.7. The second-order valence-electron chi connectivity index (χ2n) is 18.0. The van der Waals surface area contributed by atoms with Gasteiger partial charge in [0.25, 0.3) is 0 Å². The van der Waals surface area contributed by atoms with E-state index >= 15 is 0 Å². The van der Waals surface area contributed by atoms with Crippen molar-refractivity contribution >= 4 is 11.8 Å². The van der Waals surface area contributed by atoms with Crippen molar-refractivity contribution in [2.75, 3.05) is 60.1 Å². The first-order valence-electron chi connectivity index (χ1n) is 23.4. The number of phenolic OH excluding ortho intramolecular Hbond substituents is 1. The maximum Gasteiger partial charge on any atom is 0.223 e. The van der Waals surface area contributed by atoms with E-state index in [0.717, 1.165) is 86.3 Å². The number of likely N-dealkylation sites (tertiary alicyclic amines) is 2. The molecule has 2 aliphatic heterocycles. The Labute approximate surface area is 386 Å². The summed E-state index contributed by atoms with van der Waals surface area (Å²) >= 11 is 0. The van der Waals surface area contributed by atoms with Gasteiger partial charge in [0.15, 0.2) is 0 Å². The van der Waals surface area contributed by atoms with E-state index in [1.54, 1.807) is 36.4 Å². The van der Waals surface area contributed by atoms with Gasteiger partial charge in [-0.1, -0.05) is 75.7 Å². The van der Waals surface area contributed by atoms with Crippen LogP contribution in [0.25, 0.3) is 0 Å². The number of hydrogen-bond acceptors (Lipinski definition) is 8. The third-order valence-corrected chi connectivity index (χ3v) is 12.4. The molecule has 0 aliphatic carbocycles. The van der Waals surface area contributed by atoms with E-state index in [1.165, 1.54) is 24.3 Å². The van der Waals surface area contributed by atoms with E-state index in [-0.39, 0.29) is 53.8 Å². The molecule has 2 atom stereocenters. The van der Waals surface area contributed by atoms with E-state index in [9.17, 15) is 23.5 Å². The molecule has 12 heteroatoms. The quantitative estimate of drug-likeness (QED) is 0.0911. The molecule has 0 bridgehead atoms. The van der Waals surface area contributed by atoms with Crippen molar-refractivity contribution in [2.24, 2.45) is 11.8 Å². The summed E-state index contributed by atoms with van der Waals surface area (Å²) < 4.78 is 32.2. The van der Waals surface area contributed by atoms with E-state index in [2.05, 4.69) is 30.8 Å². The molecule has 6 rings (SSSR count). The molecular weight excluding hydrogens is 827 g/mol. The van der Waals surface area contributed by atoms with Crippen molar-refractivity contribution in [3.8, 4) is 11.5 Å². The lowest BCUT2D eigenvalue weighted by molar-refractivity contribution is -0.136. The van der Waals surface area contributed by atoms with Crippen LogP contribution in [0.3, 0.4) is 0 Å². The Morgan fingerprint density at radius 2 is 0.985 bits per heavy atom. The van der Waals surface area contributed by atoms with E-state index in [1.807, 2.05) is 60.0 Å². The van der Waals surface area contributed by atoms with E-state index in [0.29, 0.717) is 57.9 Å². The Hall–Kier alpha value is -4.88. The number of aliphatic hydroxyl groups excluding tert-OH is 2. The largest absolute Gasteiger partial charge is 0.508 e. The number of piperidine rings is 2. The van der Waals surface area contributed by atoms with Gasteiger partial charge in [-0.25, -0.2) is 8.78 Å². The van der Waals surface area contributed by atoms with Crippen LogP contribution in [-0.4, -0.2) is 119 Å². The highest BCUT2D eigenvalue weighted by atomic mass is 19.1. The smallest absolute Gasteiger partial charge is 0.223 e. The lowest BCUT2D eigenvalue weighted by Crippen LogP contribution is -2.46. The van der Waals surface area contributed by atoms with Gasteiger partial charge in [0.05, 0.1) is 6.61 Å². The summed E-state index contributed by atoms with van der Waals surface area (Å²) in [6.45, 7) is 11.9. The van der Waals surface area contributed by atoms with Crippen LogP contribution in [0, 0.1) is 23.5 Å². The number of hydrogen-bond donors (Lipinski definition) is 3. The number of halogens is 2. The summed E-state index contributed by atoms with van der Waals surface area (Å²) in [5.74, 6) is 1.33. The van der Waals surface area contributed by atoms with E-state index in [4.69, 9.17) is 14.9 Å². The number of ether oxygens (including phenoxy) is 1. The van der Waals surface area contributed by atoms with Crippen LogP contribution in [0.2, 0.25) is 0 Å². The van der Waals surface area contributed by atoms with Crippen molar-refractivity contribution in [1.29, 1.82) is 0 Å². The standard InChI is InChI=1S/C26H35FN2O3.C22H27FN2O2.C5H12O/c1-20(18-30)19-32-25-10-5-21(6-11-25)7-12-26(31)29(24-13-15-28(2)16-14-24)17-22-3-8-23(27)9-4-22;1-24-14-12-20(13-15-24)25(16-18-2-7-19(23)8-3-18)22(27)11-6-17-4-9-21(26)10-5-17;1-3-5(2)4-6/h3-6,8-11,20,24,30H,7,12-19H2,1-2H3;2-5,7-10,20,26H,6,11-16H2,1H3;5-6H,3-4H2,1-2H3. The van der Waals surface area contributed by atoms with Gasteiger partial charge >= 0.3 is 0 Å². The molecule has 4 aromatic carbocycles. The Balaban J connectivity index is 0.000000255. The molecule has 0 radical (unpaired) electrons. The fourth-order valence-electron chi connectivity index (χ4n) is 7.65. The number of rotatable bonds is 18. The molecule has 0 spiro atoms. The van der Waals surface area contributed by atoms with Crippen molar-refractivity contribution in [2.45, 2.75) is 104 Å². The molecule has 3 N–H and O–H groups in total. The topological polar surface area (TPSA) is 117 Å². The lowest BCUT2D eigenvalue weighted by atomic mass is 10.0. The summed E-state index contributed by atoms with van der Waals surface area (Å²) in [5.41, 5.74) is 4.03. The van der Waals surface area contributed by atoms with Crippen molar-refractivity contribution in [1.82, 2.24) is 19.6 Å². The summed E-state index contributed by atoms with van der Waals surface area (Å²) in [5, 5.41) is 26.8. The number of benzene rings is 4. The fourth-order valence-corrected chi connectivity index (χ4v) is 7.65. The number of phenols is 1. The predicted molar refractivity (Wildman–Crippen MR) is 254 cm³/mol. The molecule has 0 saturated carbocycles. The first-order chi connectivity index (χ1) is 31.3. The average Bonchev–Trinajstić information content (AvgIpc) is 3.33. The number of aryl methyl sites for hydroxylation is 2. The van der Waals surface area contributed by atoms with Crippen LogP contribution >= 0.6 is 0 Å². The summed E-state index contributed by atoms with van der Waals surface area (Å²) in [6.07, 6.45) is 7.10. The minimum Gasteiger partial charge on any atom is -0.508 e. The molecule has 2 saturated heterocycles. The van der Waals surface area contributed by atoms with Gasteiger partial charge < -0.3 is 39.7 Å². The maximum atomic E-state index is 13.3. The van der Waals surface area contributed by atoms with Gasteiger partial charge in [-0.2, -0.15) is 0 Å². The van der Waals surface area contributed by atoms with Gasteiger partial charge in [0, 0.05) is 57.1 Å². The monoisotopic (exact) mass is 901 g/mol. The molecule has 2 aliphatic rings. The molecule has 0 aromatic heterocycles. The molecule has 2 unspecified atom stereocenters. The van der Waals surface area contributed by atoms with Crippen LogP contribution < -0.4 is 4.74 Å². The second-order valence-corrected chi connectivity index (χ2v) is 18.0. The van der Waals surface area contributed by atoms with Crippen molar-refractivity contribution in [3.05, 3.63) is 131 Å². The van der Waals surface area contributed by atoms with Crippen LogP contribution in [-0.2, 0) is 35.5 Å². The van der Waals surface area contributed by atoms with Gasteiger partial charge in [-0.05, 0) is 156 Å². The predicted octanol–water partition coefficient (Wildman–Crippen LogP) is 8.50. The first-order valence-corrected chi connectivity index (χ1v) is 23.4. The van der Waals surface area contributed by atoms with Crippen LogP contribution in [0.15, 0.2) is 97.1 Å². The summed E-state index contributed by atoms with van der Waals surface area (Å²) in [6, 6.07) is 28.1. The molecule has 356 valence electrons. The summed E-state index contributed by atoms with van der Waals surface area (Å²) in [4.78, 5) is 34.8. The maximum absolute atomic E-state index is 13.3. The lowest BCUT2D eigenvalue weighted by Gasteiger charge is -2.37. The number of amides is 2. The number of aliphatic hydroxyl groups is 2.